The van der Waals surface area contributed by atoms with Crippen LogP contribution in [0.3, 0.4) is 0 Å². The van der Waals surface area contributed by atoms with Crippen molar-refractivity contribution in [2.75, 3.05) is 6.61 Å². The lowest BCUT2D eigenvalue weighted by molar-refractivity contribution is 0.306. The summed E-state index contributed by atoms with van der Waals surface area (Å²) in [5, 5.41) is 1.20. The van der Waals surface area contributed by atoms with Gasteiger partial charge in [0.05, 0.1) is 21.8 Å². The van der Waals surface area contributed by atoms with Crippen molar-refractivity contribution in [3.63, 3.8) is 0 Å². The van der Waals surface area contributed by atoms with Crippen molar-refractivity contribution in [2.45, 2.75) is 39.5 Å². The molecule has 1 heterocycles. The number of hydrogen-bond donors (Lipinski definition) is 0. The second-order valence-electron chi connectivity index (χ2n) is 4.15. The van der Waals surface area contributed by atoms with E-state index >= 15 is 0 Å². The van der Waals surface area contributed by atoms with Crippen molar-refractivity contribution in [3.8, 4) is 5.75 Å². The third-order valence-electron chi connectivity index (χ3n) is 2.72. The van der Waals surface area contributed by atoms with Gasteiger partial charge in [0.15, 0.2) is 0 Å². The maximum absolute atomic E-state index is 5.72. The van der Waals surface area contributed by atoms with Crippen LogP contribution in [0.4, 0.5) is 0 Å². The molecule has 0 amide bonds. The first-order valence-corrected chi connectivity index (χ1v) is 7.17. The van der Waals surface area contributed by atoms with Crippen LogP contribution in [0, 0.1) is 0 Å². The van der Waals surface area contributed by atoms with E-state index in [9.17, 15) is 0 Å². The molecule has 0 radical (unpaired) electrons. The van der Waals surface area contributed by atoms with E-state index in [2.05, 4.69) is 31.0 Å². The molecule has 0 aliphatic heterocycles. The van der Waals surface area contributed by atoms with Gasteiger partial charge in [0, 0.05) is 6.07 Å². The summed E-state index contributed by atoms with van der Waals surface area (Å²) in [6.07, 6.45) is 4.60. The second-order valence-corrected chi connectivity index (χ2v) is 5.26. The lowest BCUT2D eigenvalue weighted by Gasteiger charge is -2.04. The molecular weight excluding hydrogens is 230 g/mol. The third kappa shape index (κ3) is 3.19. The average Bonchev–Trinajstić information content (AvgIpc) is 2.77. The minimum atomic E-state index is 0.810. The number of nitrogens with zero attached hydrogens (tertiary/aromatic N) is 1. The van der Waals surface area contributed by atoms with Crippen LogP contribution in [0.25, 0.3) is 10.2 Å². The molecule has 2 aromatic rings. The Balaban J connectivity index is 2.03. The zero-order valence-electron chi connectivity index (χ0n) is 10.5. The van der Waals surface area contributed by atoms with Crippen molar-refractivity contribution in [3.05, 3.63) is 23.2 Å². The van der Waals surface area contributed by atoms with Gasteiger partial charge in [0.2, 0.25) is 0 Å². The van der Waals surface area contributed by atoms with Crippen LogP contribution < -0.4 is 4.74 Å². The molecular formula is C14H19NOS. The van der Waals surface area contributed by atoms with Gasteiger partial charge >= 0.3 is 0 Å². The van der Waals surface area contributed by atoms with Crippen molar-refractivity contribution >= 4 is 21.6 Å². The number of aromatic nitrogens is 1. The van der Waals surface area contributed by atoms with E-state index in [0.717, 1.165) is 30.7 Å². The fraction of sp³-hybridized carbons (Fsp3) is 0.500. The van der Waals surface area contributed by atoms with Gasteiger partial charge in [-0.15, -0.1) is 11.3 Å². The first-order valence-electron chi connectivity index (χ1n) is 6.35. The summed E-state index contributed by atoms with van der Waals surface area (Å²) in [6.45, 7) is 5.15. The SMILES string of the molecule is CCCCCOc1ccc2sc(CC)nc2c1. The van der Waals surface area contributed by atoms with Gasteiger partial charge in [-0.1, -0.05) is 26.7 Å². The Hall–Kier alpha value is -1.09. The monoisotopic (exact) mass is 249 g/mol. The number of unbranched alkanes of at least 4 members (excludes halogenated alkanes) is 2. The first kappa shape index (κ1) is 12.4. The molecule has 92 valence electrons. The number of benzene rings is 1. The minimum absolute atomic E-state index is 0.810. The van der Waals surface area contributed by atoms with Gasteiger partial charge in [0.25, 0.3) is 0 Å². The van der Waals surface area contributed by atoms with Crippen LogP contribution in [-0.4, -0.2) is 11.6 Å². The van der Waals surface area contributed by atoms with Gasteiger partial charge in [-0.2, -0.15) is 0 Å². The fourth-order valence-corrected chi connectivity index (χ4v) is 2.63. The van der Waals surface area contributed by atoms with Crippen LogP contribution in [-0.2, 0) is 6.42 Å². The van der Waals surface area contributed by atoms with Gasteiger partial charge in [-0.05, 0) is 25.0 Å². The normalized spacial score (nSPS) is 10.9. The van der Waals surface area contributed by atoms with Gasteiger partial charge < -0.3 is 4.74 Å². The van der Waals surface area contributed by atoms with Gasteiger partial charge in [-0.25, -0.2) is 4.98 Å². The lowest BCUT2D eigenvalue weighted by Crippen LogP contribution is -1.96. The molecule has 0 aliphatic rings. The quantitative estimate of drug-likeness (QED) is 0.707. The maximum Gasteiger partial charge on any atom is 0.121 e. The van der Waals surface area contributed by atoms with Crippen LogP contribution in [0.5, 0.6) is 5.75 Å². The summed E-state index contributed by atoms with van der Waals surface area (Å²) in [5.74, 6) is 0.946. The Kier molecular flexibility index (Phi) is 4.37. The summed E-state index contributed by atoms with van der Waals surface area (Å²) >= 11 is 1.77. The van der Waals surface area contributed by atoms with Crippen molar-refractivity contribution in [1.29, 1.82) is 0 Å². The molecule has 0 N–H and O–H groups in total. The van der Waals surface area contributed by atoms with E-state index in [1.54, 1.807) is 11.3 Å². The molecule has 0 fully saturated rings. The van der Waals surface area contributed by atoms with Crippen molar-refractivity contribution < 1.29 is 4.74 Å². The predicted octanol–water partition coefficient (Wildman–Crippen LogP) is 4.43. The number of thiazole rings is 1. The Labute approximate surface area is 107 Å². The maximum atomic E-state index is 5.72. The van der Waals surface area contributed by atoms with E-state index in [0.29, 0.717) is 0 Å². The lowest BCUT2D eigenvalue weighted by atomic mass is 10.3. The number of aryl methyl sites for hydroxylation is 1. The summed E-state index contributed by atoms with van der Waals surface area (Å²) in [4.78, 5) is 4.57. The van der Waals surface area contributed by atoms with Crippen LogP contribution >= 0.6 is 11.3 Å². The second kappa shape index (κ2) is 6.01. The summed E-state index contributed by atoms with van der Waals surface area (Å²) in [5.41, 5.74) is 1.07. The molecule has 0 saturated heterocycles. The first-order chi connectivity index (χ1) is 8.33. The Bertz CT molecular complexity index is 478. The number of fused-ring (bicyclic) bond motifs is 1. The van der Waals surface area contributed by atoms with Crippen LogP contribution in [0.15, 0.2) is 18.2 Å². The molecule has 0 spiro atoms. The van der Waals surface area contributed by atoms with Gasteiger partial charge in [0.1, 0.15) is 5.75 Å². The molecule has 0 bridgehead atoms. The standard InChI is InChI=1S/C14H19NOS/c1-3-5-6-9-16-11-7-8-13-12(10-11)15-14(4-2)17-13/h7-8,10H,3-6,9H2,1-2H3. The highest BCUT2D eigenvalue weighted by atomic mass is 32.1. The van der Waals surface area contributed by atoms with Crippen LogP contribution in [0.1, 0.15) is 38.1 Å². The molecule has 17 heavy (non-hydrogen) atoms. The number of ether oxygens (including phenoxy) is 1. The Morgan fingerprint density at radius 1 is 1.24 bits per heavy atom. The van der Waals surface area contributed by atoms with E-state index in [-0.39, 0.29) is 0 Å². The van der Waals surface area contributed by atoms with Crippen molar-refractivity contribution in [1.82, 2.24) is 4.98 Å². The summed E-state index contributed by atoms with van der Waals surface area (Å²) in [7, 11) is 0. The zero-order chi connectivity index (χ0) is 12.1. The zero-order valence-corrected chi connectivity index (χ0v) is 11.3. The minimum Gasteiger partial charge on any atom is -0.494 e. The van der Waals surface area contributed by atoms with E-state index in [1.165, 1.54) is 22.5 Å². The average molecular weight is 249 g/mol. The van der Waals surface area contributed by atoms with Crippen molar-refractivity contribution in [2.24, 2.45) is 0 Å². The topological polar surface area (TPSA) is 22.1 Å². The molecule has 0 aliphatic carbocycles. The smallest absolute Gasteiger partial charge is 0.121 e. The van der Waals surface area contributed by atoms with E-state index in [1.807, 2.05) is 6.07 Å². The molecule has 0 unspecified atom stereocenters. The highest BCUT2D eigenvalue weighted by Gasteiger charge is 2.03. The largest absolute Gasteiger partial charge is 0.494 e. The van der Waals surface area contributed by atoms with Gasteiger partial charge in [-0.3, -0.25) is 0 Å². The number of hydrogen-bond acceptors (Lipinski definition) is 3. The molecule has 2 nitrogen and oxygen atoms in total. The molecule has 0 saturated carbocycles. The molecule has 3 heteroatoms. The highest BCUT2D eigenvalue weighted by Crippen LogP contribution is 2.26. The van der Waals surface area contributed by atoms with E-state index in [4.69, 9.17) is 4.74 Å². The molecule has 0 atom stereocenters. The summed E-state index contributed by atoms with van der Waals surface area (Å²) < 4.78 is 6.98. The fourth-order valence-electron chi connectivity index (χ4n) is 1.74. The molecule has 1 aromatic heterocycles. The van der Waals surface area contributed by atoms with Crippen LogP contribution in [0.2, 0.25) is 0 Å². The predicted molar refractivity (Wildman–Crippen MR) is 74.0 cm³/mol. The Morgan fingerprint density at radius 3 is 2.88 bits per heavy atom. The third-order valence-corrected chi connectivity index (χ3v) is 3.90. The molecule has 2 rings (SSSR count). The molecule has 1 aromatic carbocycles. The highest BCUT2D eigenvalue weighted by molar-refractivity contribution is 7.18. The summed E-state index contributed by atoms with van der Waals surface area (Å²) in [6, 6.07) is 6.21. The Morgan fingerprint density at radius 2 is 2.12 bits per heavy atom. The number of rotatable bonds is 6. The van der Waals surface area contributed by atoms with E-state index < -0.39 is 0 Å².